The predicted molar refractivity (Wildman–Crippen MR) is 96.2 cm³/mol. The fourth-order valence-electron chi connectivity index (χ4n) is 2.15. The van der Waals surface area contributed by atoms with E-state index in [1.165, 1.54) is 24.5 Å². The van der Waals surface area contributed by atoms with Crippen LogP contribution in [0.2, 0.25) is 5.02 Å². The van der Waals surface area contributed by atoms with Gasteiger partial charge in [0.15, 0.2) is 0 Å². The lowest BCUT2D eigenvalue weighted by molar-refractivity contribution is -0.137. The molecule has 2 N–H and O–H groups in total. The largest absolute Gasteiger partial charge is 0.416 e. The van der Waals surface area contributed by atoms with Crippen LogP contribution >= 0.6 is 11.6 Å². The van der Waals surface area contributed by atoms with Gasteiger partial charge in [-0.25, -0.2) is 9.97 Å². The van der Waals surface area contributed by atoms with E-state index in [-0.39, 0.29) is 11.5 Å². The van der Waals surface area contributed by atoms with Gasteiger partial charge >= 0.3 is 6.18 Å². The lowest BCUT2D eigenvalue weighted by Gasteiger charge is -2.09. The zero-order valence-electron chi connectivity index (χ0n) is 13.6. The molecule has 0 aliphatic carbocycles. The first-order valence-electron chi connectivity index (χ1n) is 7.65. The fourth-order valence-corrected chi connectivity index (χ4v) is 2.33. The number of nitrogens with one attached hydrogen (secondary N) is 2. The van der Waals surface area contributed by atoms with Gasteiger partial charge in [-0.3, -0.25) is 4.79 Å². The van der Waals surface area contributed by atoms with E-state index in [4.69, 9.17) is 11.6 Å². The maximum absolute atomic E-state index is 12.6. The summed E-state index contributed by atoms with van der Waals surface area (Å²) >= 11 is 5.98. The summed E-state index contributed by atoms with van der Waals surface area (Å²) in [6, 6.07) is 11.2. The molecule has 0 atom stereocenters. The second kappa shape index (κ2) is 7.63. The molecule has 5 nitrogen and oxygen atoms in total. The third-order valence-corrected chi connectivity index (χ3v) is 3.82. The summed E-state index contributed by atoms with van der Waals surface area (Å²) in [4.78, 5) is 20.2. The number of benzene rings is 2. The van der Waals surface area contributed by atoms with Gasteiger partial charge in [-0.15, -0.1) is 0 Å². The number of halogens is 4. The molecule has 0 unspecified atom stereocenters. The monoisotopic (exact) mass is 392 g/mol. The molecule has 0 saturated carbocycles. The Hall–Kier alpha value is -3.13. The summed E-state index contributed by atoms with van der Waals surface area (Å²) in [7, 11) is 0. The molecule has 138 valence electrons. The second-order valence-electron chi connectivity index (χ2n) is 5.42. The van der Waals surface area contributed by atoms with E-state index >= 15 is 0 Å². The second-order valence-corrected chi connectivity index (χ2v) is 5.83. The number of hydrogen-bond acceptors (Lipinski definition) is 4. The van der Waals surface area contributed by atoms with E-state index in [2.05, 4.69) is 20.6 Å². The molecule has 0 saturated heterocycles. The normalized spacial score (nSPS) is 11.1. The first-order valence-corrected chi connectivity index (χ1v) is 8.03. The topological polar surface area (TPSA) is 66.9 Å². The molecule has 3 rings (SSSR count). The van der Waals surface area contributed by atoms with Gasteiger partial charge in [0, 0.05) is 5.69 Å². The van der Waals surface area contributed by atoms with Crippen molar-refractivity contribution in [2.45, 2.75) is 6.18 Å². The zero-order chi connectivity index (χ0) is 19.4. The van der Waals surface area contributed by atoms with Crippen molar-refractivity contribution in [3.05, 3.63) is 77.2 Å². The molecule has 3 aromatic rings. The molecule has 9 heteroatoms. The number of aromatic nitrogens is 2. The maximum atomic E-state index is 12.6. The first-order chi connectivity index (χ1) is 12.8. The molecule has 0 spiro atoms. The van der Waals surface area contributed by atoms with E-state index in [1.54, 1.807) is 24.3 Å². The van der Waals surface area contributed by atoms with Gasteiger partial charge in [0.2, 0.25) is 0 Å². The van der Waals surface area contributed by atoms with Crippen molar-refractivity contribution in [3.8, 4) is 0 Å². The van der Waals surface area contributed by atoms with Crippen LogP contribution in [-0.4, -0.2) is 15.9 Å². The minimum Gasteiger partial charge on any atom is -0.339 e. The Morgan fingerprint density at radius 1 is 0.963 bits per heavy atom. The molecular weight excluding hydrogens is 381 g/mol. The van der Waals surface area contributed by atoms with E-state index in [0.29, 0.717) is 16.4 Å². The molecular formula is C18H12ClF3N4O. The van der Waals surface area contributed by atoms with Gasteiger partial charge in [0.05, 0.1) is 28.7 Å². The summed E-state index contributed by atoms with van der Waals surface area (Å²) in [5.74, 6) is -0.208. The Balaban J connectivity index is 1.66. The van der Waals surface area contributed by atoms with Gasteiger partial charge in [-0.05, 0) is 36.4 Å². The summed E-state index contributed by atoms with van der Waals surface area (Å²) in [6.07, 6.45) is -1.84. The first kappa shape index (κ1) is 18.7. The van der Waals surface area contributed by atoms with Crippen molar-refractivity contribution in [1.29, 1.82) is 0 Å². The van der Waals surface area contributed by atoms with Crippen LogP contribution in [-0.2, 0) is 6.18 Å². The SMILES string of the molecule is O=C(Nc1ccccc1Cl)c1cnc(Nc2ccc(C(F)(F)F)cc2)cn1. The standard InChI is InChI=1S/C18H12ClF3N4O/c19-13-3-1-2-4-14(13)26-17(27)15-9-24-16(10-23-15)25-12-7-5-11(6-8-12)18(20,21)22/h1-10H,(H,24,25)(H,26,27). The third-order valence-electron chi connectivity index (χ3n) is 3.49. The van der Waals surface area contributed by atoms with E-state index in [0.717, 1.165) is 12.1 Å². The zero-order valence-corrected chi connectivity index (χ0v) is 14.3. The van der Waals surface area contributed by atoms with Crippen LogP contribution in [0.25, 0.3) is 0 Å². The summed E-state index contributed by atoms with van der Waals surface area (Å²) in [6.45, 7) is 0. The van der Waals surface area contributed by atoms with Crippen LogP contribution in [0.15, 0.2) is 60.9 Å². The summed E-state index contributed by atoms with van der Waals surface area (Å²) < 4.78 is 37.7. The van der Waals surface area contributed by atoms with Crippen LogP contribution in [0.1, 0.15) is 16.1 Å². The number of carbonyl (C=O) groups is 1. The van der Waals surface area contributed by atoms with Gasteiger partial charge in [0.1, 0.15) is 11.5 Å². The third kappa shape index (κ3) is 4.73. The quantitative estimate of drug-likeness (QED) is 0.644. The summed E-state index contributed by atoms with van der Waals surface area (Å²) in [5, 5.41) is 5.82. The molecule has 2 aromatic carbocycles. The molecule has 0 aliphatic rings. The van der Waals surface area contributed by atoms with E-state index in [1.807, 2.05) is 0 Å². The highest BCUT2D eigenvalue weighted by Crippen LogP contribution is 2.30. The van der Waals surface area contributed by atoms with E-state index in [9.17, 15) is 18.0 Å². The van der Waals surface area contributed by atoms with Gasteiger partial charge < -0.3 is 10.6 Å². The number of rotatable bonds is 4. The van der Waals surface area contributed by atoms with Crippen LogP contribution < -0.4 is 10.6 Å². The Kier molecular flexibility index (Phi) is 5.27. The average molecular weight is 393 g/mol. The molecule has 0 bridgehead atoms. The van der Waals surface area contributed by atoms with Crippen LogP contribution in [0.5, 0.6) is 0 Å². The highest BCUT2D eigenvalue weighted by Gasteiger charge is 2.29. The average Bonchev–Trinajstić information content (AvgIpc) is 2.64. The maximum Gasteiger partial charge on any atom is 0.416 e. The minimum absolute atomic E-state index is 0.0629. The predicted octanol–water partition coefficient (Wildman–Crippen LogP) is 5.14. The van der Waals surface area contributed by atoms with Crippen molar-refractivity contribution < 1.29 is 18.0 Å². The lowest BCUT2D eigenvalue weighted by Crippen LogP contribution is -2.14. The van der Waals surface area contributed by atoms with Crippen LogP contribution in [0.4, 0.5) is 30.4 Å². The number of nitrogens with zero attached hydrogens (tertiary/aromatic N) is 2. The molecule has 1 amide bonds. The summed E-state index contributed by atoms with van der Waals surface area (Å²) in [5.41, 5.74) is 0.169. The fraction of sp³-hybridized carbons (Fsp3) is 0.0556. The Labute approximate surface area is 157 Å². The van der Waals surface area contributed by atoms with Crippen molar-refractivity contribution >= 4 is 34.7 Å². The Bertz CT molecular complexity index is 944. The van der Waals surface area contributed by atoms with Gasteiger partial charge in [0.25, 0.3) is 5.91 Å². The molecule has 0 radical (unpaired) electrons. The number of anilines is 3. The van der Waals surface area contributed by atoms with Crippen LogP contribution in [0, 0.1) is 0 Å². The Morgan fingerprint density at radius 3 is 2.26 bits per heavy atom. The van der Waals surface area contributed by atoms with Gasteiger partial charge in [-0.2, -0.15) is 13.2 Å². The van der Waals surface area contributed by atoms with Crippen molar-refractivity contribution in [3.63, 3.8) is 0 Å². The van der Waals surface area contributed by atoms with E-state index < -0.39 is 17.6 Å². The highest BCUT2D eigenvalue weighted by molar-refractivity contribution is 6.33. The molecule has 0 aliphatic heterocycles. The van der Waals surface area contributed by atoms with Gasteiger partial charge in [-0.1, -0.05) is 23.7 Å². The smallest absolute Gasteiger partial charge is 0.339 e. The van der Waals surface area contributed by atoms with Crippen molar-refractivity contribution in [2.75, 3.05) is 10.6 Å². The number of hydrogen-bond donors (Lipinski definition) is 2. The minimum atomic E-state index is -4.39. The van der Waals surface area contributed by atoms with Crippen molar-refractivity contribution in [2.24, 2.45) is 0 Å². The molecule has 1 aromatic heterocycles. The molecule has 0 fully saturated rings. The molecule has 1 heterocycles. The highest BCUT2D eigenvalue weighted by atomic mass is 35.5. The number of carbonyl (C=O) groups excluding carboxylic acids is 1. The number of para-hydroxylation sites is 1. The van der Waals surface area contributed by atoms with Crippen LogP contribution in [0.3, 0.4) is 0 Å². The lowest BCUT2D eigenvalue weighted by atomic mass is 10.2. The number of amides is 1. The Morgan fingerprint density at radius 2 is 1.67 bits per heavy atom. The van der Waals surface area contributed by atoms with Crippen molar-refractivity contribution in [1.82, 2.24) is 9.97 Å². The molecule has 27 heavy (non-hydrogen) atoms. The number of alkyl halides is 3.